The predicted molar refractivity (Wildman–Crippen MR) is 81.6 cm³/mol. The molecule has 5 heteroatoms. The second-order valence-electron chi connectivity index (χ2n) is 4.71. The Morgan fingerprint density at radius 1 is 1.24 bits per heavy atom. The highest BCUT2D eigenvalue weighted by molar-refractivity contribution is 5.46. The van der Waals surface area contributed by atoms with Crippen LogP contribution in [0.1, 0.15) is 17.2 Å². The SMILES string of the molecule is CNC(Cc1ccc(OC)cc1[N+](=O)[O-])c1ccccc1. The highest BCUT2D eigenvalue weighted by Gasteiger charge is 2.19. The third-order valence-electron chi connectivity index (χ3n) is 3.46. The summed E-state index contributed by atoms with van der Waals surface area (Å²) in [6.45, 7) is 0. The van der Waals surface area contributed by atoms with Gasteiger partial charge < -0.3 is 10.1 Å². The normalized spacial score (nSPS) is 11.9. The number of hydrogen-bond acceptors (Lipinski definition) is 4. The van der Waals surface area contributed by atoms with E-state index in [1.54, 1.807) is 12.1 Å². The number of nitro groups is 1. The lowest BCUT2D eigenvalue weighted by Gasteiger charge is -2.17. The molecule has 1 N–H and O–H groups in total. The molecule has 0 heterocycles. The van der Waals surface area contributed by atoms with E-state index in [0.717, 1.165) is 5.56 Å². The van der Waals surface area contributed by atoms with Crippen LogP contribution in [-0.2, 0) is 6.42 Å². The fourth-order valence-electron chi connectivity index (χ4n) is 2.31. The van der Waals surface area contributed by atoms with Gasteiger partial charge in [0.15, 0.2) is 0 Å². The van der Waals surface area contributed by atoms with Crippen LogP contribution < -0.4 is 10.1 Å². The van der Waals surface area contributed by atoms with E-state index >= 15 is 0 Å². The molecule has 0 amide bonds. The number of nitro benzene ring substituents is 1. The van der Waals surface area contributed by atoms with Gasteiger partial charge in [0.25, 0.3) is 5.69 Å². The van der Waals surface area contributed by atoms with Crippen LogP contribution in [-0.4, -0.2) is 19.1 Å². The van der Waals surface area contributed by atoms with Crippen LogP contribution in [0.3, 0.4) is 0 Å². The van der Waals surface area contributed by atoms with Crippen LogP contribution in [0.4, 0.5) is 5.69 Å². The lowest BCUT2D eigenvalue weighted by atomic mass is 9.98. The van der Waals surface area contributed by atoms with E-state index in [-0.39, 0.29) is 16.7 Å². The Bertz CT molecular complexity index is 614. The molecule has 110 valence electrons. The number of nitrogens with zero attached hydrogens (tertiary/aromatic N) is 1. The zero-order valence-electron chi connectivity index (χ0n) is 12.1. The standard InChI is InChI=1S/C16H18N2O3/c1-17-15(12-6-4-3-5-7-12)10-13-8-9-14(21-2)11-16(13)18(19)20/h3-9,11,15,17H,10H2,1-2H3. The summed E-state index contributed by atoms with van der Waals surface area (Å²) in [5.74, 6) is 0.492. The van der Waals surface area contributed by atoms with Crippen LogP contribution in [0.15, 0.2) is 48.5 Å². The Morgan fingerprint density at radius 3 is 2.52 bits per heavy atom. The number of hydrogen-bond donors (Lipinski definition) is 1. The first kappa shape index (κ1) is 15.0. The van der Waals surface area contributed by atoms with Crippen molar-refractivity contribution in [2.24, 2.45) is 0 Å². The molecule has 0 bridgehead atoms. The van der Waals surface area contributed by atoms with E-state index in [1.807, 2.05) is 37.4 Å². The van der Waals surface area contributed by atoms with Crippen molar-refractivity contribution < 1.29 is 9.66 Å². The van der Waals surface area contributed by atoms with Gasteiger partial charge in [0.05, 0.1) is 18.1 Å². The van der Waals surface area contributed by atoms with Crippen molar-refractivity contribution in [2.45, 2.75) is 12.5 Å². The molecule has 0 saturated heterocycles. The summed E-state index contributed by atoms with van der Waals surface area (Å²) >= 11 is 0. The second kappa shape index (κ2) is 6.85. The van der Waals surface area contributed by atoms with E-state index < -0.39 is 0 Å². The van der Waals surface area contributed by atoms with Crippen molar-refractivity contribution in [1.29, 1.82) is 0 Å². The molecule has 0 fully saturated rings. The van der Waals surface area contributed by atoms with Crippen molar-refractivity contribution in [2.75, 3.05) is 14.2 Å². The molecule has 0 aromatic heterocycles. The molecule has 0 aliphatic carbocycles. The Hall–Kier alpha value is -2.40. The van der Waals surface area contributed by atoms with Gasteiger partial charge in [-0.3, -0.25) is 10.1 Å². The van der Waals surface area contributed by atoms with E-state index in [1.165, 1.54) is 13.2 Å². The van der Waals surface area contributed by atoms with Gasteiger partial charge in [0.1, 0.15) is 5.75 Å². The molecular weight excluding hydrogens is 268 g/mol. The number of methoxy groups -OCH3 is 1. The molecular formula is C16H18N2O3. The molecule has 2 aromatic carbocycles. The highest BCUT2D eigenvalue weighted by Crippen LogP contribution is 2.28. The Labute approximate surface area is 123 Å². The summed E-state index contributed by atoms with van der Waals surface area (Å²) in [7, 11) is 3.35. The summed E-state index contributed by atoms with van der Waals surface area (Å²) in [6, 6.07) is 14.9. The molecule has 1 atom stereocenters. The van der Waals surface area contributed by atoms with Crippen LogP contribution in [0, 0.1) is 10.1 Å². The lowest BCUT2D eigenvalue weighted by Crippen LogP contribution is -2.19. The second-order valence-corrected chi connectivity index (χ2v) is 4.71. The van der Waals surface area contributed by atoms with Gasteiger partial charge >= 0.3 is 0 Å². The van der Waals surface area contributed by atoms with E-state index in [4.69, 9.17) is 4.74 Å². The molecule has 0 radical (unpaired) electrons. The van der Waals surface area contributed by atoms with Crippen molar-refractivity contribution in [3.05, 3.63) is 69.8 Å². The number of rotatable bonds is 6. The summed E-state index contributed by atoms with van der Waals surface area (Å²) in [5.41, 5.74) is 1.87. The first-order chi connectivity index (χ1) is 10.2. The quantitative estimate of drug-likeness (QED) is 0.654. The summed E-state index contributed by atoms with van der Waals surface area (Å²) in [4.78, 5) is 10.9. The molecule has 0 aliphatic rings. The minimum absolute atomic E-state index is 0.0262. The van der Waals surface area contributed by atoms with Crippen LogP contribution >= 0.6 is 0 Å². The van der Waals surface area contributed by atoms with Crippen LogP contribution in [0.25, 0.3) is 0 Å². The molecule has 0 aliphatic heterocycles. The minimum Gasteiger partial charge on any atom is -0.497 e. The summed E-state index contributed by atoms with van der Waals surface area (Å²) in [6.07, 6.45) is 0.542. The Balaban J connectivity index is 2.31. The maximum atomic E-state index is 11.2. The third-order valence-corrected chi connectivity index (χ3v) is 3.46. The zero-order valence-corrected chi connectivity index (χ0v) is 12.1. The predicted octanol–water partition coefficient (Wildman–Crippen LogP) is 3.11. The first-order valence-electron chi connectivity index (χ1n) is 6.69. The third kappa shape index (κ3) is 3.58. The smallest absolute Gasteiger partial charge is 0.276 e. The number of likely N-dealkylation sites (N-methyl/N-ethyl adjacent to an activating group) is 1. The van der Waals surface area contributed by atoms with Crippen LogP contribution in [0.2, 0.25) is 0 Å². The average molecular weight is 286 g/mol. The van der Waals surface area contributed by atoms with E-state index in [0.29, 0.717) is 17.7 Å². The minimum atomic E-state index is -0.366. The molecule has 5 nitrogen and oxygen atoms in total. The van der Waals surface area contributed by atoms with Gasteiger partial charge in [0, 0.05) is 11.6 Å². The van der Waals surface area contributed by atoms with Gasteiger partial charge in [-0.05, 0) is 31.2 Å². The Kier molecular flexibility index (Phi) is 4.90. The fourth-order valence-corrected chi connectivity index (χ4v) is 2.31. The summed E-state index contributed by atoms with van der Waals surface area (Å²) in [5, 5.41) is 14.4. The molecule has 2 rings (SSSR count). The monoisotopic (exact) mass is 286 g/mol. The van der Waals surface area contributed by atoms with Crippen molar-refractivity contribution in [1.82, 2.24) is 5.32 Å². The van der Waals surface area contributed by atoms with Crippen molar-refractivity contribution >= 4 is 5.69 Å². The largest absolute Gasteiger partial charge is 0.497 e. The average Bonchev–Trinajstić information content (AvgIpc) is 2.53. The van der Waals surface area contributed by atoms with Gasteiger partial charge in [0.2, 0.25) is 0 Å². The maximum Gasteiger partial charge on any atom is 0.276 e. The number of ether oxygens (including phenoxy) is 1. The van der Waals surface area contributed by atoms with E-state index in [2.05, 4.69) is 5.32 Å². The topological polar surface area (TPSA) is 64.4 Å². The van der Waals surface area contributed by atoms with Gasteiger partial charge in [-0.2, -0.15) is 0 Å². The molecule has 1 unspecified atom stereocenters. The number of benzene rings is 2. The van der Waals surface area contributed by atoms with Gasteiger partial charge in [-0.15, -0.1) is 0 Å². The fraction of sp³-hybridized carbons (Fsp3) is 0.250. The molecule has 0 spiro atoms. The zero-order chi connectivity index (χ0) is 15.2. The molecule has 2 aromatic rings. The van der Waals surface area contributed by atoms with Gasteiger partial charge in [-0.25, -0.2) is 0 Å². The lowest BCUT2D eigenvalue weighted by molar-refractivity contribution is -0.385. The van der Waals surface area contributed by atoms with Crippen LogP contribution in [0.5, 0.6) is 5.75 Å². The molecule has 0 saturated carbocycles. The van der Waals surface area contributed by atoms with Crippen molar-refractivity contribution in [3.8, 4) is 5.75 Å². The Morgan fingerprint density at radius 2 is 1.95 bits per heavy atom. The first-order valence-corrected chi connectivity index (χ1v) is 6.69. The van der Waals surface area contributed by atoms with E-state index in [9.17, 15) is 10.1 Å². The van der Waals surface area contributed by atoms with Gasteiger partial charge in [-0.1, -0.05) is 30.3 Å². The number of nitrogens with one attached hydrogen (secondary N) is 1. The summed E-state index contributed by atoms with van der Waals surface area (Å²) < 4.78 is 5.06. The van der Waals surface area contributed by atoms with Crippen molar-refractivity contribution in [3.63, 3.8) is 0 Å². The highest BCUT2D eigenvalue weighted by atomic mass is 16.6. The molecule has 21 heavy (non-hydrogen) atoms. The maximum absolute atomic E-state index is 11.2.